The summed E-state index contributed by atoms with van der Waals surface area (Å²) in [5.74, 6) is 0.552. The van der Waals surface area contributed by atoms with Gasteiger partial charge in [-0.05, 0) is 36.1 Å². The smallest absolute Gasteiger partial charge is 0.247 e. The number of aliphatic hydroxyl groups is 2. The Bertz CT molecular complexity index is 1150. The summed E-state index contributed by atoms with van der Waals surface area (Å²) in [7, 11) is 1.61. The maximum Gasteiger partial charge on any atom is 0.247 e. The van der Waals surface area contributed by atoms with E-state index in [0.717, 1.165) is 16.9 Å². The summed E-state index contributed by atoms with van der Waals surface area (Å²) in [4.78, 5) is 28.4. The molecule has 1 heterocycles. The number of hydrogen-bond donors (Lipinski definition) is 3. The molecule has 2 amide bonds. The molecule has 1 aliphatic heterocycles. The molecule has 0 aromatic heterocycles. The van der Waals surface area contributed by atoms with E-state index in [0.29, 0.717) is 30.7 Å². The van der Waals surface area contributed by atoms with Crippen LogP contribution in [0.1, 0.15) is 37.3 Å². The van der Waals surface area contributed by atoms with Gasteiger partial charge in [0.2, 0.25) is 11.8 Å². The van der Waals surface area contributed by atoms with E-state index >= 15 is 0 Å². The standard InChI is InChI=1S/C29H36N2O6/c1-18(2)16-25(33)31(14-12-19-8-4-6-10-23(19)36-3)22-17-21(29(35)30-13-15-32)26-20-9-5-7-11-24(20)37-28(26)27(22)34/h4-11,17-18,22,26-28,32,34H,12-16H2,1-3H3,(H,30,35). The number of hydrogen-bond acceptors (Lipinski definition) is 6. The summed E-state index contributed by atoms with van der Waals surface area (Å²) in [6.07, 6.45) is 0.782. The minimum atomic E-state index is -1.04. The lowest BCUT2D eigenvalue weighted by Crippen LogP contribution is -2.56. The van der Waals surface area contributed by atoms with Crippen LogP contribution in [-0.2, 0) is 16.0 Å². The predicted molar refractivity (Wildman–Crippen MR) is 139 cm³/mol. The Morgan fingerprint density at radius 1 is 1.14 bits per heavy atom. The Labute approximate surface area is 217 Å². The first-order valence-electron chi connectivity index (χ1n) is 12.8. The minimum Gasteiger partial charge on any atom is -0.496 e. The lowest BCUT2D eigenvalue weighted by molar-refractivity contribution is -0.137. The van der Waals surface area contributed by atoms with Crippen LogP contribution in [0.2, 0.25) is 0 Å². The fraction of sp³-hybridized carbons (Fsp3) is 0.448. The molecular weight excluding hydrogens is 472 g/mol. The number of amides is 2. The number of nitrogens with zero attached hydrogens (tertiary/aromatic N) is 1. The highest BCUT2D eigenvalue weighted by atomic mass is 16.5. The second kappa shape index (κ2) is 11.8. The molecule has 0 saturated carbocycles. The maximum atomic E-state index is 13.5. The third kappa shape index (κ3) is 5.65. The molecule has 2 aromatic rings. The molecule has 8 heteroatoms. The Kier molecular flexibility index (Phi) is 8.51. The molecular formula is C29H36N2O6. The van der Waals surface area contributed by atoms with Gasteiger partial charge in [0.25, 0.3) is 0 Å². The van der Waals surface area contributed by atoms with Crippen molar-refractivity contribution in [1.82, 2.24) is 10.2 Å². The highest BCUT2D eigenvalue weighted by Gasteiger charge is 2.50. The number of carbonyl (C=O) groups is 2. The number of methoxy groups -OCH3 is 1. The molecule has 0 saturated heterocycles. The van der Waals surface area contributed by atoms with Gasteiger partial charge >= 0.3 is 0 Å². The van der Waals surface area contributed by atoms with Gasteiger partial charge in [0, 0.05) is 30.6 Å². The van der Waals surface area contributed by atoms with Gasteiger partial charge in [-0.3, -0.25) is 9.59 Å². The molecule has 8 nitrogen and oxygen atoms in total. The fourth-order valence-corrected chi connectivity index (χ4v) is 5.25. The van der Waals surface area contributed by atoms with E-state index in [1.807, 2.05) is 62.4 Å². The summed E-state index contributed by atoms with van der Waals surface area (Å²) < 4.78 is 11.7. The maximum absolute atomic E-state index is 13.5. The third-order valence-corrected chi connectivity index (χ3v) is 6.95. The third-order valence-electron chi connectivity index (χ3n) is 6.95. The van der Waals surface area contributed by atoms with Crippen LogP contribution in [0.5, 0.6) is 11.5 Å². The number of para-hydroxylation sites is 2. The number of ether oxygens (including phenoxy) is 2. The molecule has 0 spiro atoms. The SMILES string of the molecule is COc1ccccc1CCN(C(=O)CC(C)C)C1C=C(C(=O)NCCO)C2c3ccccc3OC2C1O. The molecule has 2 aromatic carbocycles. The van der Waals surface area contributed by atoms with Gasteiger partial charge in [0.15, 0.2) is 0 Å². The molecule has 37 heavy (non-hydrogen) atoms. The zero-order valence-electron chi connectivity index (χ0n) is 21.6. The van der Waals surface area contributed by atoms with Gasteiger partial charge in [0.05, 0.1) is 25.7 Å². The molecule has 4 atom stereocenters. The minimum absolute atomic E-state index is 0.103. The number of fused-ring (bicyclic) bond motifs is 3. The lowest BCUT2D eigenvalue weighted by atomic mass is 9.77. The second-order valence-corrected chi connectivity index (χ2v) is 9.93. The molecule has 198 valence electrons. The van der Waals surface area contributed by atoms with Crippen molar-refractivity contribution in [2.45, 2.75) is 50.9 Å². The molecule has 4 unspecified atom stereocenters. The monoisotopic (exact) mass is 508 g/mol. The molecule has 3 N–H and O–H groups in total. The van der Waals surface area contributed by atoms with Crippen LogP contribution in [-0.4, -0.2) is 72.0 Å². The number of benzene rings is 2. The van der Waals surface area contributed by atoms with Crippen LogP contribution in [0.3, 0.4) is 0 Å². The van der Waals surface area contributed by atoms with E-state index in [1.165, 1.54) is 0 Å². The first-order chi connectivity index (χ1) is 17.8. The van der Waals surface area contributed by atoms with Crippen molar-refractivity contribution in [2.24, 2.45) is 5.92 Å². The summed E-state index contributed by atoms with van der Waals surface area (Å²) >= 11 is 0. The number of nitrogens with one attached hydrogen (secondary N) is 1. The van der Waals surface area contributed by atoms with Crippen molar-refractivity contribution < 1.29 is 29.3 Å². The Morgan fingerprint density at radius 2 is 1.86 bits per heavy atom. The molecule has 0 radical (unpaired) electrons. The van der Waals surface area contributed by atoms with Crippen molar-refractivity contribution in [1.29, 1.82) is 0 Å². The Morgan fingerprint density at radius 3 is 2.59 bits per heavy atom. The topological polar surface area (TPSA) is 108 Å². The van der Waals surface area contributed by atoms with Gasteiger partial charge in [-0.2, -0.15) is 0 Å². The second-order valence-electron chi connectivity index (χ2n) is 9.93. The first kappa shape index (κ1) is 26.7. The number of rotatable bonds is 10. The van der Waals surface area contributed by atoms with Crippen molar-refractivity contribution in [3.63, 3.8) is 0 Å². The lowest BCUT2D eigenvalue weighted by Gasteiger charge is -2.41. The van der Waals surface area contributed by atoms with Crippen LogP contribution < -0.4 is 14.8 Å². The van der Waals surface area contributed by atoms with Gasteiger partial charge in [-0.1, -0.05) is 50.2 Å². The van der Waals surface area contributed by atoms with Crippen molar-refractivity contribution in [3.05, 3.63) is 71.3 Å². The number of carbonyl (C=O) groups excluding carboxylic acids is 2. The molecule has 0 bridgehead atoms. The predicted octanol–water partition coefficient (Wildman–Crippen LogP) is 2.44. The van der Waals surface area contributed by atoms with Crippen LogP contribution in [0.4, 0.5) is 0 Å². The van der Waals surface area contributed by atoms with Gasteiger partial charge in [-0.25, -0.2) is 0 Å². The summed E-state index contributed by atoms with van der Waals surface area (Å²) in [5, 5.41) is 23.6. The molecule has 0 fully saturated rings. The Balaban J connectivity index is 1.71. The summed E-state index contributed by atoms with van der Waals surface area (Å²) in [6, 6.07) is 14.3. The van der Waals surface area contributed by atoms with Crippen molar-refractivity contribution in [3.8, 4) is 11.5 Å². The summed E-state index contributed by atoms with van der Waals surface area (Å²) in [6.45, 7) is 4.20. The quantitative estimate of drug-likeness (QED) is 0.455. The van der Waals surface area contributed by atoms with Crippen molar-refractivity contribution >= 4 is 11.8 Å². The molecule has 1 aliphatic carbocycles. The van der Waals surface area contributed by atoms with E-state index in [9.17, 15) is 19.8 Å². The van der Waals surface area contributed by atoms with Crippen molar-refractivity contribution in [2.75, 3.05) is 26.8 Å². The zero-order chi connectivity index (χ0) is 26.5. The van der Waals surface area contributed by atoms with E-state index in [4.69, 9.17) is 9.47 Å². The molecule has 2 aliphatic rings. The van der Waals surface area contributed by atoms with E-state index in [-0.39, 0.29) is 30.9 Å². The van der Waals surface area contributed by atoms with E-state index in [2.05, 4.69) is 5.32 Å². The van der Waals surface area contributed by atoms with Crippen LogP contribution in [0.15, 0.2) is 60.2 Å². The molecule has 4 rings (SSSR count). The van der Waals surface area contributed by atoms with Crippen LogP contribution >= 0.6 is 0 Å². The van der Waals surface area contributed by atoms with E-state index < -0.39 is 24.2 Å². The van der Waals surface area contributed by atoms with Crippen LogP contribution in [0.25, 0.3) is 0 Å². The van der Waals surface area contributed by atoms with Gasteiger partial charge in [-0.15, -0.1) is 0 Å². The van der Waals surface area contributed by atoms with Gasteiger partial charge in [0.1, 0.15) is 23.7 Å². The fourth-order valence-electron chi connectivity index (χ4n) is 5.25. The highest BCUT2D eigenvalue weighted by molar-refractivity contribution is 5.96. The first-order valence-corrected chi connectivity index (χ1v) is 12.8. The average Bonchev–Trinajstić information content (AvgIpc) is 3.28. The Hall–Kier alpha value is -3.36. The highest BCUT2D eigenvalue weighted by Crippen LogP contribution is 2.47. The van der Waals surface area contributed by atoms with Crippen LogP contribution in [0, 0.1) is 5.92 Å². The van der Waals surface area contributed by atoms with E-state index in [1.54, 1.807) is 18.1 Å². The largest absolute Gasteiger partial charge is 0.496 e. The van der Waals surface area contributed by atoms with Gasteiger partial charge < -0.3 is 29.9 Å². The number of aliphatic hydroxyl groups excluding tert-OH is 2. The average molecular weight is 509 g/mol. The summed E-state index contributed by atoms with van der Waals surface area (Å²) in [5.41, 5.74) is 2.20. The zero-order valence-corrected chi connectivity index (χ0v) is 21.6. The normalized spacial score (nSPS) is 21.9.